The van der Waals surface area contributed by atoms with Crippen molar-refractivity contribution in [3.8, 4) is 11.5 Å². The fourth-order valence-corrected chi connectivity index (χ4v) is 2.78. The third-order valence-corrected chi connectivity index (χ3v) is 4.10. The Morgan fingerprint density at radius 1 is 1.33 bits per heavy atom. The highest BCUT2D eigenvalue weighted by Gasteiger charge is 2.38. The molecule has 5 nitrogen and oxygen atoms in total. The van der Waals surface area contributed by atoms with E-state index < -0.39 is 0 Å². The van der Waals surface area contributed by atoms with Crippen molar-refractivity contribution in [2.24, 2.45) is 5.41 Å². The molecule has 5 heteroatoms. The van der Waals surface area contributed by atoms with E-state index in [0.29, 0.717) is 18.0 Å². The number of carbonyl (C=O) groups excluding carboxylic acids is 1. The SMILES string of the molecule is COc1ccc(CN(C)C(=O)C2(C)CCNC2)cc1OC. The summed E-state index contributed by atoms with van der Waals surface area (Å²) in [7, 11) is 5.07. The molecule has 1 unspecified atom stereocenters. The summed E-state index contributed by atoms with van der Waals surface area (Å²) in [6.45, 7) is 4.25. The molecule has 1 fully saturated rings. The van der Waals surface area contributed by atoms with E-state index in [2.05, 4.69) is 5.32 Å². The average molecular weight is 292 g/mol. The van der Waals surface area contributed by atoms with Crippen LogP contribution in [-0.4, -0.2) is 45.2 Å². The summed E-state index contributed by atoms with van der Waals surface area (Å²) in [6, 6.07) is 5.74. The van der Waals surface area contributed by atoms with Crippen LogP contribution < -0.4 is 14.8 Å². The van der Waals surface area contributed by atoms with Gasteiger partial charge in [-0.2, -0.15) is 0 Å². The Morgan fingerprint density at radius 2 is 2.05 bits per heavy atom. The maximum atomic E-state index is 12.6. The topological polar surface area (TPSA) is 50.8 Å². The molecule has 1 amide bonds. The van der Waals surface area contributed by atoms with Crippen molar-refractivity contribution in [3.63, 3.8) is 0 Å². The second-order valence-electron chi connectivity index (χ2n) is 5.84. The van der Waals surface area contributed by atoms with Gasteiger partial charge in [-0.1, -0.05) is 6.07 Å². The van der Waals surface area contributed by atoms with Gasteiger partial charge in [-0.25, -0.2) is 0 Å². The average Bonchev–Trinajstić information content (AvgIpc) is 2.94. The predicted octanol–water partition coefficient (Wildman–Crippen LogP) is 1.66. The Kier molecular flexibility index (Phi) is 4.73. The molecule has 1 aliphatic heterocycles. The molecule has 1 heterocycles. The summed E-state index contributed by atoms with van der Waals surface area (Å²) < 4.78 is 10.5. The van der Waals surface area contributed by atoms with Gasteiger partial charge in [0.15, 0.2) is 11.5 Å². The van der Waals surface area contributed by atoms with Crippen molar-refractivity contribution in [2.75, 3.05) is 34.4 Å². The van der Waals surface area contributed by atoms with E-state index in [4.69, 9.17) is 9.47 Å². The van der Waals surface area contributed by atoms with E-state index in [9.17, 15) is 4.79 Å². The smallest absolute Gasteiger partial charge is 0.229 e. The van der Waals surface area contributed by atoms with E-state index in [-0.39, 0.29) is 11.3 Å². The summed E-state index contributed by atoms with van der Waals surface area (Å²) in [6.07, 6.45) is 0.891. The molecule has 21 heavy (non-hydrogen) atoms. The van der Waals surface area contributed by atoms with Gasteiger partial charge in [0.25, 0.3) is 0 Å². The first-order chi connectivity index (χ1) is 10.00. The maximum Gasteiger partial charge on any atom is 0.229 e. The summed E-state index contributed by atoms with van der Waals surface area (Å²) in [5.41, 5.74) is 0.740. The number of methoxy groups -OCH3 is 2. The number of carbonyl (C=O) groups is 1. The van der Waals surface area contributed by atoms with Crippen molar-refractivity contribution in [3.05, 3.63) is 23.8 Å². The number of rotatable bonds is 5. The Balaban J connectivity index is 2.08. The molecule has 1 aromatic carbocycles. The van der Waals surface area contributed by atoms with Gasteiger partial charge in [0, 0.05) is 20.1 Å². The second-order valence-corrected chi connectivity index (χ2v) is 5.84. The third-order valence-electron chi connectivity index (χ3n) is 4.10. The van der Waals surface area contributed by atoms with Crippen molar-refractivity contribution < 1.29 is 14.3 Å². The molecule has 116 valence electrons. The molecule has 0 spiro atoms. The lowest BCUT2D eigenvalue weighted by Gasteiger charge is -2.28. The zero-order chi connectivity index (χ0) is 15.5. The van der Waals surface area contributed by atoms with Crippen LogP contribution in [0.5, 0.6) is 11.5 Å². The van der Waals surface area contributed by atoms with Gasteiger partial charge in [0.05, 0.1) is 19.6 Å². The van der Waals surface area contributed by atoms with Crippen LogP contribution in [0.15, 0.2) is 18.2 Å². The minimum Gasteiger partial charge on any atom is -0.493 e. The minimum atomic E-state index is -0.286. The van der Waals surface area contributed by atoms with Crippen molar-refractivity contribution in [2.45, 2.75) is 19.9 Å². The molecular formula is C16H24N2O3. The van der Waals surface area contributed by atoms with E-state index >= 15 is 0 Å². The van der Waals surface area contributed by atoms with Crippen LogP contribution in [0, 0.1) is 5.41 Å². The quantitative estimate of drug-likeness (QED) is 0.897. The molecule has 1 aromatic rings. The largest absolute Gasteiger partial charge is 0.493 e. The molecule has 0 bridgehead atoms. The molecule has 1 N–H and O–H groups in total. The van der Waals surface area contributed by atoms with Gasteiger partial charge >= 0.3 is 0 Å². The predicted molar refractivity (Wildman–Crippen MR) is 81.6 cm³/mol. The Hall–Kier alpha value is -1.75. The second kappa shape index (κ2) is 6.35. The summed E-state index contributed by atoms with van der Waals surface area (Å²) in [4.78, 5) is 14.4. The molecular weight excluding hydrogens is 268 g/mol. The number of nitrogens with zero attached hydrogens (tertiary/aromatic N) is 1. The number of amides is 1. The van der Waals surface area contributed by atoms with Gasteiger partial charge in [0.2, 0.25) is 5.91 Å². The number of nitrogens with one attached hydrogen (secondary N) is 1. The zero-order valence-electron chi connectivity index (χ0n) is 13.2. The maximum absolute atomic E-state index is 12.6. The van der Waals surface area contributed by atoms with Crippen LogP contribution in [0.1, 0.15) is 18.9 Å². The molecule has 1 aliphatic rings. The highest BCUT2D eigenvalue weighted by Crippen LogP contribution is 2.30. The summed E-state index contributed by atoms with van der Waals surface area (Å²) in [5, 5.41) is 3.26. The lowest BCUT2D eigenvalue weighted by Crippen LogP contribution is -2.41. The fraction of sp³-hybridized carbons (Fsp3) is 0.562. The van der Waals surface area contributed by atoms with E-state index in [1.54, 1.807) is 19.1 Å². The van der Waals surface area contributed by atoms with Crippen LogP contribution in [0.25, 0.3) is 0 Å². The number of hydrogen-bond acceptors (Lipinski definition) is 4. The van der Waals surface area contributed by atoms with Gasteiger partial charge < -0.3 is 19.7 Å². The summed E-state index contributed by atoms with van der Waals surface area (Å²) in [5.74, 6) is 1.56. The molecule has 1 saturated heterocycles. The monoisotopic (exact) mass is 292 g/mol. The fourth-order valence-electron chi connectivity index (χ4n) is 2.78. The zero-order valence-corrected chi connectivity index (χ0v) is 13.2. The highest BCUT2D eigenvalue weighted by atomic mass is 16.5. The standard InChI is InChI=1S/C16H24N2O3/c1-16(7-8-17-11-16)15(19)18(2)10-12-5-6-13(20-3)14(9-12)21-4/h5-6,9,17H,7-8,10-11H2,1-4H3. The van der Waals surface area contributed by atoms with Crippen LogP contribution in [0.2, 0.25) is 0 Å². The van der Waals surface area contributed by atoms with E-state index in [1.165, 1.54) is 0 Å². The van der Waals surface area contributed by atoms with Gasteiger partial charge in [-0.05, 0) is 37.6 Å². The van der Waals surface area contributed by atoms with Gasteiger partial charge in [-0.3, -0.25) is 4.79 Å². The Bertz CT molecular complexity index is 510. The molecule has 0 radical (unpaired) electrons. The van der Waals surface area contributed by atoms with Crippen LogP contribution in [-0.2, 0) is 11.3 Å². The van der Waals surface area contributed by atoms with Crippen LogP contribution >= 0.6 is 0 Å². The molecule has 0 aromatic heterocycles. The Labute approximate surface area is 126 Å². The molecule has 1 atom stereocenters. The first-order valence-electron chi connectivity index (χ1n) is 7.17. The van der Waals surface area contributed by atoms with Crippen molar-refractivity contribution in [1.82, 2.24) is 10.2 Å². The minimum absolute atomic E-state index is 0.183. The number of ether oxygens (including phenoxy) is 2. The molecule has 0 saturated carbocycles. The molecule has 2 rings (SSSR count). The van der Waals surface area contributed by atoms with Crippen LogP contribution in [0.4, 0.5) is 0 Å². The third kappa shape index (κ3) is 3.29. The molecule has 0 aliphatic carbocycles. The van der Waals surface area contributed by atoms with E-state index in [1.807, 2.05) is 32.2 Å². The number of benzene rings is 1. The van der Waals surface area contributed by atoms with E-state index in [0.717, 1.165) is 25.1 Å². The van der Waals surface area contributed by atoms with Gasteiger partial charge in [0.1, 0.15) is 0 Å². The van der Waals surface area contributed by atoms with Crippen LogP contribution in [0.3, 0.4) is 0 Å². The first kappa shape index (κ1) is 15.6. The Morgan fingerprint density at radius 3 is 2.62 bits per heavy atom. The lowest BCUT2D eigenvalue weighted by molar-refractivity contribution is -0.139. The lowest BCUT2D eigenvalue weighted by atomic mass is 9.88. The van der Waals surface area contributed by atoms with Crippen molar-refractivity contribution >= 4 is 5.91 Å². The number of hydrogen-bond donors (Lipinski definition) is 1. The van der Waals surface area contributed by atoms with Crippen molar-refractivity contribution in [1.29, 1.82) is 0 Å². The van der Waals surface area contributed by atoms with Gasteiger partial charge in [-0.15, -0.1) is 0 Å². The summed E-state index contributed by atoms with van der Waals surface area (Å²) >= 11 is 0. The normalized spacial score (nSPS) is 21.1. The highest BCUT2D eigenvalue weighted by molar-refractivity contribution is 5.82. The first-order valence-corrected chi connectivity index (χ1v) is 7.17.